The summed E-state index contributed by atoms with van der Waals surface area (Å²) in [5.74, 6) is 0.338. The monoisotopic (exact) mass is 367 g/mol. The largest absolute Gasteiger partial charge is 0.355 e. The maximum Gasteiger partial charge on any atom is 0.233 e. The number of carbonyl (C=O) groups is 1. The minimum absolute atomic E-state index is 0.0486. The van der Waals surface area contributed by atoms with Gasteiger partial charge in [0.15, 0.2) is 5.16 Å². The standard InChI is InChI=1S/C21H25N3OS/c1-4-24-19-13-9-8-12-18(19)23-21(24)26-16(3)20(25)22-14-15(2)17-10-6-5-7-11-17/h5-13,15-16H,4,14H2,1-3H3,(H,22,25). The zero-order valence-electron chi connectivity index (χ0n) is 15.5. The number of amides is 1. The third-order valence-corrected chi connectivity index (χ3v) is 5.63. The SMILES string of the molecule is CCn1c(SC(C)C(=O)NCC(C)c2ccccc2)nc2ccccc21. The molecule has 0 radical (unpaired) electrons. The van der Waals surface area contributed by atoms with Gasteiger partial charge in [0.1, 0.15) is 0 Å². The van der Waals surface area contributed by atoms with Gasteiger partial charge >= 0.3 is 0 Å². The zero-order chi connectivity index (χ0) is 18.5. The molecule has 2 aromatic carbocycles. The molecule has 2 unspecified atom stereocenters. The molecule has 0 saturated carbocycles. The van der Waals surface area contributed by atoms with Crippen LogP contribution in [0.25, 0.3) is 11.0 Å². The van der Waals surface area contributed by atoms with Gasteiger partial charge in [0.25, 0.3) is 0 Å². The number of aromatic nitrogens is 2. The van der Waals surface area contributed by atoms with Gasteiger partial charge in [0.2, 0.25) is 5.91 Å². The molecule has 0 aliphatic heterocycles. The van der Waals surface area contributed by atoms with Crippen LogP contribution in [0.2, 0.25) is 0 Å². The van der Waals surface area contributed by atoms with E-state index < -0.39 is 0 Å². The van der Waals surface area contributed by atoms with Crippen molar-refractivity contribution in [1.82, 2.24) is 14.9 Å². The lowest BCUT2D eigenvalue weighted by Crippen LogP contribution is -2.33. The second-order valence-electron chi connectivity index (χ2n) is 6.44. The van der Waals surface area contributed by atoms with E-state index in [0.717, 1.165) is 22.7 Å². The van der Waals surface area contributed by atoms with Gasteiger partial charge in [-0.1, -0.05) is 61.2 Å². The molecule has 1 aromatic heterocycles. The molecule has 0 bridgehead atoms. The number of nitrogens with zero attached hydrogens (tertiary/aromatic N) is 2. The number of thioether (sulfide) groups is 1. The van der Waals surface area contributed by atoms with E-state index in [4.69, 9.17) is 4.98 Å². The van der Waals surface area contributed by atoms with E-state index in [1.165, 1.54) is 17.3 Å². The second-order valence-corrected chi connectivity index (χ2v) is 7.75. The van der Waals surface area contributed by atoms with Gasteiger partial charge in [-0.15, -0.1) is 0 Å². The molecule has 0 aliphatic carbocycles. The van der Waals surface area contributed by atoms with Crippen molar-refractivity contribution in [3.8, 4) is 0 Å². The molecule has 0 saturated heterocycles. The number of fused-ring (bicyclic) bond motifs is 1. The van der Waals surface area contributed by atoms with Gasteiger partial charge in [0, 0.05) is 13.1 Å². The average molecular weight is 368 g/mol. The zero-order valence-corrected chi connectivity index (χ0v) is 16.3. The fourth-order valence-corrected chi connectivity index (χ4v) is 3.97. The molecule has 3 aromatic rings. The van der Waals surface area contributed by atoms with Gasteiger partial charge in [-0.05, 0) is 37.5 Å². The summed E-state index contributed by atoms with van der Waals surface area (Å²) in [5, 5.41) is 3.78. The third-order valence-electron chi connectivity index (χ3n) is 4.54. The van der Waals surface area contributed by atoms with Crippen LogP contribution in [-0.4, -0.2) is 27.3 Å². The average Bonchev–Trinajstić information content (AvgIpc) is 3.03. The van der Waals surface area contributed by atoms with E-state index in [1.54, 1.807) is 0 Å². The predicted molar refractivity (Wildman–Crippen MR) is 109 cm³/mol. The Morgan fingerprint density at radius 2 is 1.81 bits per heavy atom. The van der Waals surface area contributed by atoms with Crippen molar-refractivity contribution >= 4 is 28.7 Å². The number of rotatable bonds is 7. The number of benzene rings is 2. The first kappa shape index (κ1) is 18.5. The van der Waals surface area contributed by atoms with Gasteiger partial charge < -0.3 is 9.88 Å². The van der Waals surface area contributed by atoms with E-state index in [0.29, 0.717) is 6.54 Å². The summed E-state index contributed by atoms with van der Waals surface area (Å²) < 4.78 is 2.16. The Morgan fingerprint density at radius 1 is 1.12 bits per heavy atom. The number of carbonyl (C=O) groups excluding carboxylic acids is 1. The van der Waals surface area contributed by atoms with Crippen molar-refractivity contribution in [2.24, 2.45) is 0 Å². The van der Waals surface area contributed by atoms with Crippen LogP contribution in [0, 0.1) is 0 Å². The molecular formula is C21H25N3OS. The summed E-state index contributed by atoms with van der Waals surface area (Å²) in [5.41, 5.74) is 3.32. The first-order valence-corrected chi connectivity index (χ1v) is 9.92. The molecule has 1 N–H and O–H groups in total. The van der Waals surface area contributed by atoms with E-state index in [2.05, 4.69) is 41.9 Å². The van der Waals surface area contributed by atoms with E-state index >= 15 is 0 Å². The van der Waals surface area contributed by atoms with E-state index in [1.807, 2.05) is 43.3 Å². The molecule has 4 nitrogen and oxygen atoms in total. The van der Waals surface area contributed by atoms with Gasteiger partial charge in [-0.2, -0.15) is 0 Å². The third kappa shape index (κ3) is 4.10. The lowest BCUT2D eigenvalue weighted by Gasteiger charge is -2.16. The van der Waals surface area contributed by atoms with Gasteiger partial charge in [-0.3, -0.25) is 4.79 Å². The summed E-state index contributed by atoms with van der Waals surface area (Å²) in [4.78, 5) is 17.2. The minimum Gasteiger partial charge on any atom is -0.355 e. The van der Waals surface area contributed by atoms with Crippen LogP contribution < -0.4 is 5.32 Å². The highest BCUT2D eigenvalue weighted by Gasteiger charge is 2.19. The number of imidazole rings is 1. The van der Waals surface area contributed by atoms with Crippen LogP contribution in [-0.2, 0) is 11.3 Å². The molecule has 26 heavy (non-hydrogen) atoms. The molecule has 1 heterocycles. The molecule has 5 heteroatoms. The van der Waals surface area contributed by atoms with E-state index in [-0.39, 0.29) is 17.1 Å². The smallest absolute Gasteiger partial charge is 0.233 e. The molecule has 0 spiro atoms. The quantitative estimate of drug-likeness (QED) is 0.627. The first-order valence-electron chi connectivity index (χ1n) is 9.04. The summed E-state index contributed by atoms with van der Waals surface area (Å²) in [7, 11) is 0. The van der Waals surface area contributed by atoms with Crippen molar-refractivity contribution in [2.75, 3.05) is 6.54 Å². The Hall–Kier alpha value is -2.27. The minimum atomic E-state index is -0.194. The molecule has 136 valence electrons. The van der Waals surface area contributed by atoms with Crippen LogP contribution in [0.4, 0.5) is 0 Å². The molecule has 3 rings (SSSR count). The summed E-state index contributed by atoms with van der Waals surface area (Å²) in [6, 6.07) is 18.4. The molecule has 0 fully saturated rings. The Kier molecular flexibility index (Phi) is 5.99. The van der Waals surface area contributed by atoms with Crippen molar-refractivity contribution < 1.29 is 4.79 Å². The number of hydrogen-bond acceptors (Lipinski definition) is 3. The Balaban J connectivity index is 1.63. The van der Waals surface area contributed by atoms with Crippen LogP contribution in [0.15, 0.2) is 59.8 Å². The fourth-order valence-electron chi connectivity index (χ4n) is 2.96. The summed E-state index contributed by atoms with van der Waals surface area (Å²) in [6.07, 6.45) is 0. The number of aryl methyl sites for hydroxylation is 1. The predicted octanol–water partition coefficient (Wildman–Crippen LogP) is 4.46. The molecule has 2 atom stereocenters. The first-order chi connectivity index (χ1) is 12.6. The van der Waals surface area contributed by atoms with Crippen LogP contribution >= 0.6 is 11.8 Å². The van der Waals surface area contributed by atoms with Crippen molar-refractivity contribution in [1.29, 1.82) is 0 Å². The van der Waals surface area contributed by atoms with Crippen LogP contribution in [0.1, 0.15) is 32.3 Å². The summed E-state index contributed by atoms with van der Waals surface area (Å²) >= 11 is 1.52. The normalized spacial score (nSPS) is 13.5. The van der Waals surface area contributed by atoms with E-state index in [9.17, 15) is 4.79 Å². The van der Waals surface area contributed by atoms with Crippen LogP contribution in [0.3, 0.4) is 0 Å². The highest BCUT2D eigenvalue weighted by atomic mass is 32.2. The summed E-state index contributed by atoms with van der Waals surface area (Å²) in [6.45, 7) is 7.64. The van der Waals surface area contributed by atoms with Crippen LogP contribution in [0.5, 0.6) is 0 Å². The van der Waals surface area contributed by atoms with Gasteiger partial charge in [0.05, 0.1) is 16.3 Å². The maximum absolute atomic E-state index is 12.5. The lowest BCUT2D eigenvalue weighted by molar-refractivity contribution is -0.120. The lowest BCUT2D eigenvalue weighted by atomic mass is 10.0. The number of para-hydroxylation sites is 2. The Bertz CT molecular complexity index is 875. The molecule has 1 amide bonds. The highest BCUT2D eigenvalue weighted by Crippen LogP contribution is 2.27. The Labute approximate surface area is 159 Å². The second kappa shape index (κ2) is 8.41. The van der Waals surface area contributed by atoms with Crippen molar-refractivity contribution in [2.45, 2.75) is 43.6 Å². The molecular weight excluding hydrogens is 342 g/mol. The van der Waals surface area contributed by atoms with Crippen molar-refractivity contribution in [3.63, 3.8) is 0 Å². The topological polar surface area (TPSA) is 46.9 Å². The van der Waals surface area contributed by atoms with Crippen molar-refractivity contribution in [3.05, 3.63) is 60.2 Å². The highest BCUT2D eigenvalue weighted by molar-refractivity contribution is 8.00. The maximum atomic E-state index is 12.5. The number of hydrogen-bond donors (Lipinski definition) is 1. The molecule has 0 aliphatic rings. The van der Waals surface area contributed by atoms with Gasteiger partial charge in [-0.25, -0.2) is 4.98 Å². The number of nitrogens with one attached hydrogen (secondary N) is 1. The Morgan fingerprint density at radius 3 is 2.54 bits per heavy atom. The fraction of sp³-hybridized carbons (Fsp3) is 0.333.